The van der Waals surface area contributed by atoms with Crippen LogP contribution in [0.1, 0.15) is 11.1 Å². The van der Waals surface area contributed by atoms with Crippen LogP contribution in [0.5, 0.6) is 0 Å². The molecular formula is C18H13FN4O2S. The fourth-order valence-corrected chi connectivity index (χ4v) is 3.42. The molecule has 0 aliphatic carbocycles. The first-order valence-electron chi connectivity index (χ1n) is 7.48. The highest BCUT2D eigenvalue weighted by atomic mass is 32.2. The normalized spacial score (nSPS) is 11.0. The van der Waals surface area contributed by atoms with Crippen molar-refractivity contribution in [3.8, 4) is 17.2 Å². The van der Waals surface area contributed by atoms with E-state index in [0.717, 1.165) is 6.20 Å². The van der Waals surface area contributed by atoms with Crippen LogP contribution in [-0.2, 0) is 10.0 Å². The van der Waals surface area contributed by atoms with Gasteiger partial charge in [0.25, 0.3) is 10.0 Å². The summed E-state index contributed by atoms with van der Waals surface area (Å²) in [6.07, 6.45) is 5.03. The zero-order valence-electron chi connectivity index (χ0n) is 13.6. The number of sulfonamides is 1. The molecule has 2 heterocycles. The molecule has 0 saturated carbocycles. The van der Waals surface area contributed by atoms with Crippen LogP contribution in [0.2, 0.25) is 0 Å². The molecule has 2 aromatic heterocycles. The molecule has 0 bridgehead atoms. The Kier molecular flexibility index (Phi) is 4.65. The third-order valence-corrected chi connectivity index (χ3v) is 5.01. The summed E-state index contributed by atoms with van der Waals surface area (Å²) in [6, 6.07) is 9.49. The Balaban J connectivity index is 1.99. The minimum atomic E-state index is -3.93. The van der Waals surface area contributed by atoms with Crippen molar-refractivity contribution in [3.05, 3.63) is 72.1 Å². The minimum Gasteiger partial charge on any atom is -0.279 e. The number of aryl methyl sites for hydroxylation is 1. The van der Waals surface area contributed by atoms with Crippen molar-refractivity contribution >= 4 is 15.7 Å². The van der Waals surface area contributed by atoms with Gasteiger partial charge in [-0.05, 0) is 36.2 Å². The number of nitriles is 1. The van der Waals surface area contributed by atoms with E-state index in [1.807, 2.05) is 6.07 Å². The Morgan fingerprint density at radius 2 is 1.81 bits per heavy atom. The van der Waals surface area contributed by atoms with Crippen molar-refractivity contribution in [2.24, 2.45) is 0 Å². The number of halogens is 1. The highest BCUT2D eigenvalue weighted by Crippen LogP contribution is 2.27. The van der Waals surface area contributed by atoms with Crippen LogP contribution in [-0.4, -0.2) is 18.4 Å². The molecule has 0 atom stereocenters. The third-order valence-electron chi connectivity index (χ3n) is 3.67. The molecule has 6 nitrogen and oxygen atoms in total. The zero-order chi connectivity index (χ0) is 18.7. The summed E-state index contributed by atoms with van der Waals surface area (Å²) in [6.45, 7) is 1.75. The maximum atomic E-state index is 13.4. The molecule has 0 spiro atoms. The van der Waals surface area contributed by atoms with E-state index >= 15 is 0 Å². The first-order valence-corrected chi connectivity index (χ1v) is 8.97. The second-order valence-corrected chi connectivity index (χ2v) is 7.23. The molecule has 0 aliphatic rings. The summed E-state index contributed by atoms with van der Waals surface area (Å²) in [5.41, 5.74) is 2.31. The van der Waals surface area contributed by atoms with E-state index in [9.17, 15) is 12.8 Å². The molecule has 26 heavy (non-hydrogen) atoms. The Labute approximate surface area is 150 Å². The van der Waals surface area contributed by atoms with E-state index in [0.29, 0.717) is 22.4 Å². The first-order chi connectivity index (χ1) is 12.4. The van der Waals surface area contributed by atoms with Gasteiger partial charge in [-0.3, -0.25) is 14.7 Å². The summed E-state index contributed by atoms with van der Waals surface area (Å²) < 4.78 is 41.1. The second kappa shape index (κ2) is 6.90. The van der Waals surface area contributed by atoms with Crippen molar-refractivity contribution in [2.75, 3.05) is 4.72 Å². The van der Waals surface area contributed by atoms with Gasteiger partial charge >= 0.3 is 0 Å². The number of hydrogen-bond acceptors (Lipinski definition) is 5. The lowest BCUT2D eigenvalue weighted by Crippen LogP contribution is -2.14. The number of nitrogens with one attached hydrogen (secondary N) is 1. The molecule has 1 N–H and O–H groups in total. The van der Waals surface area contributed by atoms with Gasteiger partial charge in [0.1, 0.15) is 16.8 Å². The second-order valence-electron chi connectivity index (χ2n) is 5.55. The van der Waals surface area contributed by atoms with Crippen LogP contribution in [0.3, 0.4) is 0 Å². The lowest BCUT2D eigenvalue weighted by Gasteiger charge is -2.12. The summed E-state index contributed by atoms with van der Waals surface area (Å²) in [5, 5.41) is 8.90. The predicted octanol–water partition coefficient (Wildman–Crippen LogP) is 3.26. The van der Waals surface area contributed by atoms with E-state index < -0.39 is 15.8 Å². The van der Waals surface area contributed by atoms with E-state index in [2.05, 4.69) is 14.7 Å². The Morgan fingerprint density at radius 1 is 1.04 bits per heavy atom. The molecule has 1 aromatic carbocycles. The molecule has 8 heteroatoms. The lowest BCUT2D eigenvalue weighted by molar-refractivity contribution is 0.600. The standard InChI is InChI=1S/C18H13FN4O2S/c1-12-2-3-14(15-5-16(19)10-22-9-15)6-18(12)23-26(24,25)17-4-13(7-20)8-21-11-17/h2-6,8-11,23H,1H3. The Morgan fingerprint density at radius 3 is 2.54 bits per heavy atom. The number of rotatable bonds is 4. The van der Waals surface area contributed by atoms with E-state index in [-0.39, 0.29) is 10.5 Å². The van der Waals surface area contributed by atoms with Crippen LogP contribution < -0.4 is 4.72 Å². The first kappa shape index (κ1) is 17.5. The van der Waals surface area contributed by atoms with Gasteiger partial charge < -0.3 is 0 Å². The molecule has 0 fully saturated rings. The monoisotopic (exact) mass is 368 g/mol. The molecular weight excluding hydrogens is 355 g/mol. The van der Waals surface area contributed by atoms with Crippen molar-refractivity contribution < 1.29 is 12.8 Å². The summed E-state index contributed by atoms with van der Waals surface area (Å²) in [5.74, 6) is -0.482. The van der Waals surface area contributed by atoms with E-state index in [1.165, 1.54) is 30.7 Å². The van der Waals surface area contributed by atoms with E-state index in [1.54, 1.807) is 25.1 Å². The van der Waals surface area contributed by atoms with Crippen LogP contribution in [0.4, 0.5) is 10.1 Å². The van der Waals surface area contributed by atoms with Crippen LogP contribution in [0.15, 0.2) is 60.0 Å². The van der Waals surface area contributed by atoms with Gasteiger partial charge in [0.05, 0.1) is 17.4 Å². The number of hydrogen-bond donors (Lipinski definition) is 1. The van der Waals surface area contributed by atoms with Gasteiger partial charge in [-0.25, -0.2) is 12.8 Å². The zero-order valence-corrected chi connectivity index (χ0v) is 14.5. The quantitative estimate of drug-likeness (QED) is 0.762. The van der Waals surface area contributed by atoms with Crippen molar-refractivity contribution in [1.29, 1.82) is 5.26 Å². The lowest BCUT2D eigenvalue weighted by atomic mass is 10.0. The maximum Gasteiger partial charge on any atom is 0.263 e. The van der Waals surface area contributed by atoms with E-state index in [4.69, 9.17) is 5.26 Å². The maximum absolute atomic E-state index is 13.4. The van der Waals surface area contributed by atoms with Gasteiger partial charge in [0.15, 0.2) is 0 Å². The molecule has 3 aromatic rings. The van der Waals surface area contributed by atoms with Gasteiger partial charge in [0.2, 0.25) is 0 Å². The summed E-state index contributed by atoms with van der Waals surface area (Å²) >= 11 is 0. The van der Waals surface area contributed by atoms with Crippen molar-refractivity contribution in [2.45, 2.75) is 11.8 Å². The van der Waals surface area contributed by atoms with Crippen LogP contribution >= 0.6 is 0 Å². The largest absolute Gasteiger partial charge is 0.279 e. The third kappa shape index (κ3) is 3.68. The number of pyridine rings is 2. The average molecular weight is 368 g/mol. The molecule has 0 aliphatic heterocycles. The number of aromatic nitrogens is 2. The summed E-state index contributed by atoms with van der Waals surface area (Å²) in [4.78, 5) is 7.45. The Bertz CT molecular complexity index is 1120. The fourth-order valence-electron chi connectivity index (χ4n) is 2.31. The van der Waals surface area contributed by atoms with Gasteiger partial charge in [-0.15, -0.1) is 0 Å². The molecule has 3 rings (SSSR count). The molecule has 0 unspecified atom stereocenters. The fraction of sp³-hybridized carbons (Fsp3) is 0.0556. The smallest absolute Gasteiger partial charge is 0.263 e. The molecule has 0 radical (unpaired) electrons. The molecule has 0 saturated heterocycles. The van der Waals surface area contributed by atoms with Crippen molar-refractivity contribution in [3.63, 3.8) is 0 Å². The van der Waals surface area contributed by atoms with Crippen LogP contribution in [0, 0.1) is 24.1 Å². The van der Waals surface area contributed by atoms with Crippen molar-refractivity contribution in [1.82, 2.24) is 9.97 Å². The van der Waals surface area contributed by atoms with Crippen LogP contribution in [0.25, 0.3) is 11.1 Å². The topological polar surface area (TPSA) is 95.7 Å². The number of benzene rings is 1. The predicted molar refractivity (Wildman–Crippen MR) is 94.1 cm³/mol. The SMILES string of the molecule is Cc1ccc(-c2cncc(F)c2)cc1NS(=O)(=O)c1cncc(C#N)c1. The molecule has 0 amide bonds. The van der Waals surface area contributed by atoms with Gasteiger partial charge in [-0.1, -0.05) is 12.1 Å². The number of anilines is 1. The van der Waals surface area contributed by atoms with Gasteiger partial charge in [-0.2, -0.15) is 5.26 Å². The minimum absolute atomic E-state index is 0.117. The highest BCUT2D eigenvalue weighted by Gasteiger charge is 2.17. The highest BCUT2D eigenvalue weighted by molar-refractivity contribution is 7.92. The van der Waals surface area contributed by atoms with Gasteiger partial charge in [0, 0.05) is 24.2 Å². The molecule has 130 valence electrons. The summed E-state index contributed by atoms with van der Waals surface area (Å²) in [7, 11) is -3.93. The average Bonchev–Trinajstić information content (AvgIpc) is 2.63. The Hall–Kier alpha value is -3.31. The number of nitrogens with zero attached hydrogens (tertiary/aromatic N) is 3.